The zero-order valence-corrected chi connectivity index (χ0v) is 8.74. The van der Waals surface area contributed by atoms with Gasteiger partial charge in [-0.25, -0.2) is 4.79 Å². The summed E-state index contributed by atoms with van der Waals surface area (Å²) in [7, 11) is 1.33. The number of thiophene rings is 1. The summed E-state index contributed by atoms with van der Waals surface area (Å²) in [6.45, 7) is -0.0753. The third-order valence-corrected chi connectivity index (χ3v) is 3.26. The highest BCUT2D eigenvalue weighted by Crippen LogP contribution is 2.28. The molecule has 0 amide bonds. The van der Waals surface area contributed by atoms with Crippen molar-refractivity contribution < 1.29 is 14.6 Å². The molecule has 3 nitrogen and oxygen atoms in total. The lowest BCUT2D eigenvalue weighted by atomic mass is 10.3. The number of aliphatic hydroxyl groups excluding tert-OH is 1. The van der Waals surface area contributed by atoms with Gasteiger partial charge in [0.05, 0.1) is 17.5 Å². The second kappa shape index (κ2) is 4.02. The van der Waals surface area contributed by atoms with Gasteiger partial charge in [0.25, 0.3) is 0 Å². The Hall–Kier alpha value is -0.390. The molecule has 0 fully saturated rings. The van der Waals surface area contributed by atoms with E-state index < -0.39 is 0 Å². The van der Waals surface area contributed by atoms with Gasteiger partial charge in [-0.1, -0.05) is 0 Å². The van der Waals surface area contributed by atoms with E-state index in [4.69, 9.17) is 5.11 Å². The minimum atomic E-state index is -0.375. The van der Waals surface area contributed by atoms with Crippen molar-refractivity contribution in [2.24, 2.45) is 0 Å². The molecule has 0 radical (unpaired) electrons. The molecule has 66 valence electrons. The number of esters is 1. The predicted molar refractivity (Wildman–Crippen MR) is 49.3 cm³/mol. The van der Waals surface area contributed by atoms with Crippen LogP contribution in [0.3, 0.4) is 0 Å². The summed E-state index contributed by atoms with van der Waals surface area (Å²) in [5.74, 6) is -0.375. The number of rotatable bonds is 2. The quantitative estimate of drug-likeness (QED) is 0.815. The second-order valence-electron chi connectivity index (χ2n) is 2.06. The van der Waals surface area contributed by atoms with Crippen molar-refractivity contribution in [1.29, 1.82) is 0 Å². The molecule has 0 aromatic carbocycles. The van der Waals surface area contributed by atoms with E-state index in [0.29, 0.717) is 10.4 Å². The largest absolute Gasteiger partial charge is 0.465 e. The van der Waals surface area contributed by atoms with E-state index in [-0.39, 0.29) is 12.6 Å². The number of aliphatic hydroxyl groups is 1. The van der Waals surface area contributed by atoms with Gasteiger partial charge < -0.3 is 9.84 Å². The van der Waals surface area contributed by atoms with E-state index in [1.165, 1.54) is 18.4 Å². The second-order valence-corrected chi connectivity index (χ2v) is 4.43. The summed E-state index contributed by atoms with van der Waals surface area (Å²) in [6, 6.07) is 1.61. The van der Waals surface area contributed by atoms with E-state index in [0.717, 1.165) is 3.79 Å². The fourth-order valence-corrected chi connectivity index (χ4v) is 2.29. The molecular formula is C7H7BrO3S. The van der Waals surface area contributed by atoms with Crippen LogP contribution in [0.15, 0.2) is 9.85 Å². The topological polar surface area (TPSA) is 46.5 Å². The highest BCUT2D eigenvalue weighted by molar-refractivity contribution is 9.11. The van der Waals surface area contributed by atoms with Gasteiger partial charge in [0.15, 0.2) is 0 Å². The van der Waals surface area contributed by atoms with Gasteiger partial charge in [0.2, 0.25) is 0 Å². The van der Waals surface area contributed by atoms with Gasteiger partial charge in [0, 0.05) is 5.56 Å². The molecule has 0 unspecified atom stereocenters. The van der Waals surface area contributed by atoms with Crippen molar-refractivity contribution in [3.63, 3.8) is 0 Å². The van der Waals surface area contributed by atoms with Crippen molar-refractivity contribution in [1.82, 2.24) is 0 Å². The highest BCUT2D eigenvalue weighted by Gasteiger charge is 2.12. The zero-order chi connectivity index (χ0) is 9.14. The molecule has 1 aromatic rings. The molecule has 5 heteroatoms. The molecule has 1 N–H and O–H groups in total. The van der Waals surface area contributed by atoms with Gasteiger partial charge in [-0.05, 0) is 22.0 Å². The van der Waals surface area contributed by atoms with Crippen LogP contribution in [0.4, 0.5) is 0 Å². The normalized spacial score (nSPS) is 9.92. The van der Waals surface area contributed by atoms with E-state index in [9.17, 15) is 4.79 Å². The van der Waals surface area contributed by atoms with E-state index >= 15 is 0 Å². The van der Waals surface area contributed by atoms with Crippen molar-refractivity contribution in [2.45, 2.75) is 6.61 Å². The van der Waals surface area contributed by atoms with Gasteiger partial charge in [-0.2, -0.15) is 0 Å². The number of carbonyl (C=O) groups excluding carboxylic acids is 1. The SMILES string of the molecule is COC(=O)c1cc(CO)c(Br)s1. The molecule has 0 aliphatic carbocycles. The highest BCUT2D eigenvalue weighted by atomic mass is 79.9. The van der Waals surface area contributed by atoms with Crippen LogP contribution in [0.2, 0.25) is 0 Å². The number of ether oxygens (including phenoxy) is 1. The van der Waals surface area contributed by atoms with Crippen LogP contribution >= 0.6 is 27.3 Å². The first-order valence-corrected chi connectivity index (χ1v) is 4.77. The van der Waals surface area contributed by atoms with E-state index in [2.05, 4.69) is 20.7 Å². The van der Waals surface area contributed by atoms with Gasteiger partial charge in [-0.15, -0.1) is 11.3 Å². The molecule has 1 aromatic heterocycles. The molecule has 0 aliphatic heterocycles. The summed E-state index contributed by atoms with van der Waals surface area (Å²) in [5, 5.41) is 8.81. The molecule has 0 atom stereocenters. The first-order chi connectivity index (χ1) is 5.69. The maximum atomic E-state index is 11.0. The standard InChI is InChI=1S/C7H7BrO3S/c1-11-7(10)5-2-4(3-9)6(8)12-5/h2,9H,3H2,1H3. The zero-order valence-electron chi connectivity index (χ0n) is 6.33. The maximum Gasteiger partial charge on any atom is 0.348 e. The van der Waals surface area contributed by atoms with Crippen LogP contribution in [0.1, 0.15) is 15.2 Å². The lowest BCUT2D eigenvalue weighted by Crippen LogP contribution is -1.97. The summed E-state index contributed by atoms with van der Waals surface area (Å²) in [4.78, 5) is 11.5. The van der Waals surface area contributed by atoms with Crippen LogP contribution in [0.5, 0.6) is 0 Å². The Kier molecular flexibility index (Phi) is 3.25. The molecule has 0 bridgehead atoms. The number of carbonyl (C=O) groups is 1. The molecule has 12 heavy (non-hydrogen) atoms. The number of methoxy groups -OCH3 is 1. The third-order valence-electron chi connectivity index (χ3n) is 1.31. The molecule has 1 heterocycles. The van der Waals surface area contributed by atoms with Crippen LogP contribution in [0.25, 0.3) is 0 Å². The Morgan fingerprint density at radius 3 is 2.92 bits per heavy atom. The maximum absolute atomic E-state index is 11.0. The first kappa shape index (κ1) is 9.70. The lowest BCUT2D eigenvalue weighted by molar-refractivity contribution is 0.0606. The number of hydrogen-bond donors (Lipinski definition) is 1. The minimum absolute atomic E-state index is 0.0753. The van der Waals surface area contributed by atoms with E-state index in [1.54, 1.807) is 6.07 Å². The molecule has 0 saturated carbocycles. The summed E-state index contributed by atoms with van der Waals surface area (Å²) >= 11 is 4.48. The molecule has 0 aliphatic rings. The van der Waals surface area contributed by atoms with Crippen molar-refractivity contribution in [3.05, 3.63) is 20.3 Å². The number of hydrogen-bond acceptors (Lipinski definition) is 4. The average Bonchev–Trinajstić information content (AvgIpc) is 2.45. The van der Waals surface area contributed by atoms with Crippen LogP contribution < -0.4 is 0 Å². The fraction of sp³-hybridized carbons (Fsp3) is 0.286. The summed E-state index contributed by atoms with van der Waals surface area (Å²) < 4.78 is 5.29. The molecular weight excluding hydrogens is 244 g/mol. The Balaban J connectivity index is 2.96. The smallest absolute Gasteiger partial charge is 0.348 e. The number of halogens is 1. The lowest BCUT2D eigenvalue weighted by Gasteiger charge is -1.90. The predicted octanol–water partition coefficient (Wildman–Crippen LogP) is 1.79. The van der Waals surface area contributed by atoms with Crippen LogP contribution in [-0.2, 0) is 11.3 Å². The molecule has 1 rings (SSSR count). The first-order valence-electron chi connectivity index (χ1n) is 3.16. The average molecular weight is 251 g/mol. The Morgan fingerprint density at radius 1 is 1.83 bits per heavy atom. The van der Waals surface area contributed by atoms with Crippen LogP contribution in [0, 0.1) is 0 Å². The molecule has 0 spiro atoms. The summed E-state index contributed by atoms with van der Waals surface area (Å²) in [5.41, 5.74) is 0.709. The van der Waals surface area contributed by atoms with E-state index in [1.807, 2.05) is 0 Å². The van der Waals surface area contributed by atoms with Gasteiger partial charge >= 0.3 is 5.97 Å². The minimum Gasteiger partial charge on any atom is -0.465 e. The Bertz CT molecular complexity index is 295. The third kappa shape index (κ3) is 1.85. The van der Waals surface area contributed by atoms with Crippen molar-refractivity contribution in [3.8, 4) is 0 Å². The Labute approximate surface area is 82.1 Å². The Morgan fingerprint density at radius 2 is 2.50 bits per heavy atom. The van der Waals surface area contributed by atoms with Crippen molar-refractivity contribution >= 4 is 33.2 Å². The molecule has 0 saturated heterocycles. The fourth-order valence-electron chi connectivity index (χ4n) is 0.716. The van der Waals surface area contributed by atoms with Crippen molar-refractivity contribution in [2.75, 3.05) is 7.11 Å². The van der Waals surface area contributed by atoms with Gasteiger partial charge in [0.1, 0.15) is 4.88 Å². The van der Waals surface area contributed by atoms with Crippen LogP contribution in [-0.4, -0.2) is 18.2 Å². The monoisotopic (exact) mass is 250 g/mol. The van der Waals surface area contributed by atoms with Gasteiger partial charge in [-0.3, -0.25) is 0 Å². The summed E-state index contributed by atoms with van der Waals surface area (Å²) in [6.07, 6.45) is 0.